The van der Waals surface area contributed by atoms with Gasteiger partial charge in [0.15, 0.2) is 0 Å². The van der Waals surface area contributed by atoms with E-state index in [2.05, 4.69) is 10.4 Å². The molecule has 1 rings (SSSR count). The average molecular weight is 169 g/mol. The standard InChI is InChI=1S/C8H15N3O/c1-3-8(12)9-6-7-4-5-11(2)10-7/h4-5,8-9,12H,3,6H2,1-2H3. The molecule has 68 valence electrons. The van der Waals surface area contributed by atoms with E-state index in [9.17, 15) is 5.11 Å². The molecular weight excluding hydrogens is 154 g/mol. The number of nitrogens with one attached hydrogen (secondary N) is 1. The van der Waals surface area contributed by atoms with E-state index in [0.29, 0.717) is 13.0 Å². The van der Waals surface area contributed by atoms with Crippen LogP contribution in [0.4, 0.5) is 0 Å². The topological polar surface area (TPSA) is 50.1 Å². The Balaban J connectivity index is 2.33. The normalized spacial score (nSPS) is 13.2. The highest BCUT2D eigenvalue weighted by Crippen LogP contribution is 1.94. The fourth-order valence-electron chi connectivity index (χ4n) is 0.924. The van der Waals surface area contributed by atoms with E-state index in [4.69, 9.17) is 0 Å². The molecule has 1 aromatic heterocycles. The first-order valence-corrected chi connectivity index (χ1v) is 4.12. The van der Waals surface area contributed by atoms with Gasteiger partial charge in [-0.1, -0.05) is 6.92 Å². The van der Waals surface area contributed by atoms with Crippen LogP contribution in [0.3, 0.4) is 0 Å². The maximum absolute atomic E-state index is 9.18. The average Bonchev–Trinajstić information content (AvgIpc) is 2.47. The second kappa shape index (κ2) is 4.23. The Morgan fingerprint density at radius 3 is 3.00 bits per heavy atom. The molecule has 0 amide bonds. The molecular formula is C8H15N3O. The van der Waals surface area contributed by atoms with E-state index >= 15 is 0 Å². The summed E-state index contributed by atoms with van der Waals surface area (Å²) in [7, 11) is 1.87. The molecule has 0 saturated carbocycles. The van der Waals surface area contributed by atoms with Gasteiger partial charge in [0.05, 0.1) is 5.69 Å². The van der Waals surface area contributed by atoms with Crippen LogP contribution in [0, 0.1) is 0 Å². The molecule has 0 aromatic carbocycles. The molecule has 0 aliphatic carbocycles. The van der Waals surface area contributed by atoms with Crippen molar-refractivity contribution in [2.75, 3.05) is 0 Å². The molecule has 1 heterocycles. The third-order valence-electron chi connectivity index (χ3n) is 1.67. The predicted molar refractivity (Wildman–Crippen MR) is 46.3 cm³/mol. The number of hydrogen-bond donors (Lipinski definition) is 2. The monoisotopic (exact) mass is 169 g/mol. The number of rotatable bonds is 4. The van der Waals surface area contributed by atoms with Crippen LogP contribution in [0.25, 0.3) is 0 Å². The molecule has 0 radical (unpaired) electrons. The van der Waals surface area contributed by atoms with Crippen molar-refractivity contribution in [2.45, 2.75) is 26.1 Å². The molecule has 0 saturated heterocycles. The predicted octanol–water partition coefficient (Wildman–Crippen LogP) is 0.238. The third kappa shape index (κ3) is 2.64. The van der Waals surface area contributed by atoms with E-state index in [0.717, 1.165) is 5.69 Å². The summed E-state index contributed by atoms with van der Waals surface area (Å²) in [5, 5.41) is 16.3. The van der Waals surface area contributed by atoms with Gasteiger partial charge in [-0.15, -0.1) is 0 Å². The Kier molecular flexibility index (Phi) is 3.25. The van der Waals surface area contributed by atoms with Gasteiger partial charge in [-0.25, -0.2) is 0 Å². The molecule has 2 N–H and O–H groups in total. The second-order valence-corrected chi connectivity index (χ2v) is 2.79. The van der Waals surface area contributed by atoms with Crippen LogP contribution in [0.1, 0.15) is 19.0 Å². The lowest BCUT2D eigenvalue weighted by Crippen LogP contribution is -2.27. The van der Waals surface area contributed by atoms with Crippen molar-refractivity contribution in [1.82, 2.24) is 15.1 Å². The van der Waals surface area contributed by atoms with Crippen LogP contribution in [0.2, 0.25) is 0 Å². The minimum atomic E-state index is -0.424. The summed E-state index contributed by atoms with van der Waals surface area (Å²) in [6.45, 7) is 2.55. The number of aliphatic hydroxyl groups excluding tert-OH is 1. The molecule has 0 spiro atoms. The Labute approximate surface area is 72.2 Å². The summed E-state index contributed by atoms with van der Waals surface area (Å²) in [5.41, 5.74) is 0.949. The molecule has 0 aliphatic rings. The van der Waals surface area contributed by atoms with E-state index in [1.807, 2.05) is 26.2 Å². The summed E-state index contributed by atoms with van der Waals surface area (Å²) in [6.07, 6.45) is 2.18. The first-order chi connectivity index (χ1) is 5.72. The van der Waals surface area contributed by atoms with Crippen molar-refractivity contribution in [3.8, 4) is 0 Å². The highest BCUT2D eigenvalue weighted by molar-refractivity contribution is 4.97. The van der Waals surface area contributed by atoms with Crippen molar-refractivity contribution in [2.24, 2.45) is 7.05 Å². The van der Waals surface area contributed by atoms with Crippen molar-refractivity contribution >= 4 is 0 Å². The molecule has 0 bridgehead atoms. The van der Waals surface area contributed by atoms with Crippen LogP contribution in [-0.2, 0) is 13.6 Å². The highest BCUT2D eigenvalue weighted by atomic mass is 16.3. The summed E-state index contributed by atoms with van der Waals surface area (Å²) in [4.78, 5) is 0. The van der Waals surface area contributed by atoms with E-state index < -0.39 is 6.23 Å². The van der Waals surface area contributed by atoms with Gasteiger partial charge in [0.1, 0.15) is 6.23 Å². The van der Waals surface area contributed by atoms with Crippen LogP contribution in [0.15, 0.2) is 12.3 Å². The third-order valence-corrected chi connectivity index (χ3v) is 1.67. The molecule has 1 aromatic rings. The Morgan fingerprint density at radius 1 is 1.75 bits per heavy atom. The summed E-state index contributed by atoms with van der Waals surface area (Å²) in [6, 6.07) is 1.93. The highest BCUT2D eigenvalue weighted by Gasteiger charge is 2.00. The number of aryl methyl sites for hydroxylation is 1. The van der Waals surface area contributed by atoms with Gasteiger partial charge >= 0.3 is 0 Å². The second-order valence-electron chi connectivity index (χ2n) is 2.79. The van der Waals surface area contributed by atoms with Crippen molar-refractivity contribution in [3.05, 3.63) is 18.0 Å². The van der Waals surface area contributed by atoms with Crippen molar-refractivity contribution < 1.29 is 5.11 Å². The van der Waals surface area contributed by atoms with Gasteiger partial charge in [-0.2, -0.15) is 5.10 Å². The van der Waals surface area contributed by atoms with Gasteiger partial charge in [0.2, 0.25) is 0 Å². The van der Waals surface area contributed by atoms with Crippen LogP contribution in [-0.4, -0.2) is 21.1 Å². The Hall–Kier alpha value is -0.870. The lowest BCUT2D eigenvalue weighted by atomic mass is 10.4. The fourth-order valence-corrected chi connectivity index (χ4v) is 0.924. The van der Waals surface area contributed by atoms with E-state index in [1.54, 1.807) is 4.68 Å². The van der Waals surface area contributed by atoms with Gasteiger partial charge in [0.25, 0.3) is 0 Å². The first kappa shape index (κ1) is 9.22. The SMILES string of the molecule is CCC(O)NCc1ccn(C)n1. The molecule has 1 atom stereocenters. The number of aromatic nitrogens is 2. The Morgan fingerprint density at radius 2 is 2.50 bits per heavy atom. The fraction of sp³-hybridized carbons (Fsp3) is 0.625. The van der Waals surface area contributed by atoms with Gasteiger partial charge in [-0.3, -0.25) is 10.00 Å². The first-order valence-electron chi connectivity index (χ1n) is 4.12. The van der Waals surface area contributed by atoms with Crippen LogP contribution >= 0.6 is 0 Å². The quantitative estimate of drug-likeness (QED) is 0.635. The number of nitrogens with zero attached hydrogens (tertiary/aromatic N) is 2. The molecule has 12 heavy (non-hydrogen) atoms. The van der Waals surface area contributed by atoms with Crippen LogP contribution < -0.4 is 5.32 Å². The zero-order valence-electron chi connectivity index (χ0n) is 7.49. The molecule has 1 unspecified atom stereocenters. The molecule has 4 heteroatoms. The molecule has 0 fully saturated rings. The largest absolute Gasteiger partial charge is 0.379 e. The zero-order valence-corrected chi connectivity index (χ0v) is 7.49. The lowest BCUT2D eigenvalue weighted by molar-refractivity contribution is 0.131. The summed E-state index contributed by atoms with van der Waals surface area (Å²) >= 11 is 0. The Bertz CT molecular complexity index is 234. The minimum Gasteiger partial charge on any atom is -0.379 e. The number of aliphatic hydroxyl groups is 1. The van der Waals surface area contributed by atoms with Gasteiger partial charge in [0, 0.05) is 19.8 Å². The minimum absolute atomic E-state index is 0.424. The van der Waals surface area contributed by atoms with E-state index in [-0.39, 0.29) is 0 Å². The van der Waals surface area contributed by atoms with Crippen LogP contribution in [0.5, 0.6) is 0 Å². The van der Waals surface area contributed by atoms with Crippen molar-refractivity contribution in [3.63, 3.8) is 0 Å². The van der Waals surface area contributed by atoms with Gasteiger partial charge in [-0.05, 0) is 12.5 Å². The van der Waals surface area contributed by atoms with Crippen molar-refractivity contribution in [1.29, 1.82) is 0 Å². The summed E-state index contributed by atoms with van der Waals surface area (Å²) in [5.74, 6) is 0. The van der Waals surface area contributed by atoms with E-state index in [1.165, 1.54) is 0 Å². The number of hydrogen-bond acceptors (Lipinski definition) is 3. The summed E-state index contributed by atoms with van der Waals surface area (Å²) < 4.78 is 1.75. The maximum Gasteiger partial charge on any atom is 0.104 e. The van der Waals surface area contributed by atoms with Gasteiger partial charge < -0.3 is 5.11 Å². The molecule has 4 nitrogen and oxygen atoms in total. The maximum atomic E-state index is 9.18. The lowest BCUT2D eigenvalue weighted by Gasteiger charge is -2.07. The smallest absolute Gasteiger partial charge is 0.104 e. The molecule has 0 aliphatic heterocycles. The zero-order chi connectivity index (χ0) is 8.97.